The van der Waals surface area contributed by atoms with Gasteiger partial charge in [-0.05, 0) is 54.3 Å². The number of anilines is 1. The van der Waals surface area contributed by atoms with E-state index in [-0.39, 0.29) is 16.9 Å². The zero-order valence-corrected chi connectivity index (χ0v) is 21.5. The van der Waals surface area contributed by atoms with Crippen molar-refractivity contribution >= 4 is 39.1 Å². The average Bonchev–Trinajstić information content (AvgIpc) is 3.52. The van der Waals surface area contributed by atoms with Gasteiger partial charge in [0.05, 0.1) is 10.9 Å². The number of benzene rings is 3. The summed E-state index contributed by atoms with van der Waals surface area (Å²) in [6.07, 6.45) is 1.66. The van der Waals surface area contributed by atoms with Crippen molar-refractivity contribution in [2.45, 2.75) is 43.0 Å². The third-order valence-corrected chi connectivity index (χ3v) is 8.57. The molecule has 36 heavy (non-hydrogen) atoms. The van der Waals surface area contributed by atoms with Crippen LogP contribution < -0.4 is 10.1 Å². The number of rotatable bonds is 5. The number of amides is 1. The smallest absolute Gasteiger partial charge is 0.256 e. The summed E-state index contributed by atoms with van der Waals surface area (Å²) in [4.78, 5) is 28.1. The van der Waals surface area contributed by atoms with Crippen LogP contribution in [0.4, 0.5) is 5.69 Å². The van der Waals surface area contributed by atoms with Crippen molar-refractivity contribution in [2.24, 2.45) is 0 Å². The lowest BCUT2D eigenvalue weighted by molar-refractivity contribution is -0.534. The molecule has 3 aliphatic rings. The van der Waals surface area contributed by atoms with Crippen molar-refractivity contribution in [2.75, 3.05) is 11.9 Å². The van der Waals surface area contributed by atoms with Gasteiger partial charge in [0.2, 0.25) is 0 Å². The van der Waals surface area contributed by atoms with Crippen molar-refractivity contribution in [3.05, 3.63) is 103 Å². The van der Waals surface area contributed by atoms with E-state index in [0.29, 0.717) is 35.2 Å². The summed E-state index contributed by atoms with van der Waals surface area (Å²) in [6.45, 7) is 0.985. The number of hydrogen-bond donors (Lipinski definition) is 1. The van der Waals surface area contributed by atoms with E-state index in [9.17, 15) is 14.9 Å². The van der Waals surface area contributed by atoms with E-state index < -0.39 is 17.5 Å². The molecule has 0 aromatic heterocycles. The second-order valence-corrected chi connectivity index (χ2v) is 10.9. The summed E-state index contributed by atoms with van der Waals surface area (Å²) in [6, 6.07) is 19.3. The van der Waals surface area contributed by atoms with Crippen LogP contribution in [-0.4, -0.2) is 34.4 Å². The first-order valence-electron chi connectivity index (χ1n) is 11.9. The maximum Gasteiger partial charge on any atom is 0.256 e. The molecule has 2 fully saturated rings. The van der Waals surface area contributed by atoms with Gasteiger partial charge in [-0.3, -0.25) is 19.8 Å². The average molecular weight is 569 g/mol. The molecule has 4 atom stereocenters. The molecule has 3 aromatic carbocycles. The molecule has 0 aliphatic carbocycles. The van der Waals surface area contributed by atoms with E-state index in [2.05, 4.69) is 26.1 Å². The normalized spacial score (nSPS) is 26.6. The Morgan fingerprint density at radius 1 is 1.17 bits per heavy atom. The minimum atomic E-state index is -1.34. The lowest BCUT2D eigenvalue weighted by atomic mass is 9.77. The van der Waals surface area contributed by atoms with E-state index in [1.165, 1.54) is 0 Å². The summed E-state index contributed by atoms with van der Waals surface area (Å²) in [5, 5.41) is 16.0. The van der Waals surface area contributed by atoms with Gasteiger partial charge in [-0.1, -0.05) is 63.9 Å². The third-order valence-electron chi connectivity index (χ3n) is 7.74. The lowest BCUT2D eigenvalue weighted by Crippen LogP contribution is -2.55. The highest BCUT2D eigenvalue weighted by atomic mass is 79.9. The number of ether oxygens (including phenoxy) is 1. The summed E-state index contributed by atoms with van der Waals surface area (Å²) in [5.41, 5.74) is 1.75. The second-order valence-electron chi connectivity index (χ2n) is 9.53. The first-order valence-corrected chi connectivity index (χ1v) is 13.1. The standard InChI is InChI=1S/C27H23BrClN3O4/c28-18-10-7-16(8-11-18)15-36-23-12-9-17(14-20(23)29)24-22-6-3-13-31(22)27(25(24)32(34)35)19-4-1-2-5-21(19)30-26(27)33/h1-2,4-5,7-12,14,22,24-25H,3,6,13,15H2,(H,30,33)/t22-,24-,25-,27+/m1/s1. The molecule has 6 rings (SSSR count). The van der Waals surface area contributed by atoms with Crippen LogP contribution in [0.15, 0.2) is 71.2 Å². The van der Waals surface area contributed by atoms with Gasteiger partial charge in [0.15, 0.2) is 5.54 Å². The molecule has 1 spiro atoms. The Bertz CT molecular complexity index is 1370. The van der Waals surface area contributed by atoms with Gasteiger partial charge in [-0.15, -0.1) is 0 Å². The van der Waals surface area contributed by atoms with Crippen LogP contribution in [0.5, 0.6) is 5.75 Å². The van der Waals surface area contributed by atoms with Gasteiger partial charge in [-0.2, -0.15) is 0 Å². The second kappa shape index (κ2) is 8.87. The van der Waals surface area contributed by atoms with Crippen LogP contribution in [0, 0.1) is 10.1 Å². The highest BCUT2D eigenvalue weighted by Gasteiger charge is 2.73. The molecule has 0 saturated carbocycles. The Balaban J connectivity index is 1.37. The van der Waals surface area contributed by atoms with E-state index in [1.54, 1.807) is 12.1 Å². The summed E-state index contributed by atoms with van der Waals surface area (Å²) >= 11 is 10.1. The van der Waals surface area contributed by atoms with E-state index in [4.69, 9.17) is 16.3 Å². The highest BCUT2D eigenvalue weighted by Crippen LogP contribution is 2.58. The number of nitrogens with one attached hydrogen (secondary N) is 1. The highest BCUT2D eigenvalue weighted by molar-refractivity contribution is 9.10. The molecule has 7 nitrogen and oxygen atoms in total. The molecule has 9 heteroatoms. The van der Waals surface area contributed by atoms with Gasteiger partial charge in [-0.25, -0.2) is 0 Å². The lowest BCUT2D eigenvalue weighted by Gasteiger charge is -2.32. The van der Waals surface area contributed by atoms with Crippen LogP contribution in [0.3, 0.4) is 0 Å². The van der Waals surface area contributed by atoms with E-state index in [0.717, 1.165) is 28.4 Å². The molecule has 3 heterocycles. The van der Waals surface area contributed by atoms with Crippen LogP contribution in [-0.2, 0) is 16.9 Å². The Morgan fingerprint density at radius 3 is 2.69 bits per heavy atom. The molecule has 0 bridgehead atoms. The SMILES string of the molecule is O=C1Nc2ccccc2[C@]12[C@H]([N+](=O)[O-])[C@H](c1ccc(OCc3ccc(Br)cc3)c(Cl)c1)[C@H]1CCCN12. The molecule has 0 radical (unpaired) electrons. The predicted molar refractivity (Wildman–Crippen MR) is 140 cm³/mol. The predicted octanol–water partition coefficient (Wildman–Crippen LogP) is 5.74. The van der Waals surface area contributed by atoms with Gasteiger partial charge in [0.25, 0.3) is 11.9 Å². The molecular formula is C27H23BrClN3O4. The number of fused-ring (bicyclic) bond motifs is 4. The van der Waals surface area contributed by atoms with Crippen molar-refractivity contribution in [3.63, 3.8) is 0 Å². The fourth-order valence-corrected chi connectivity index (χ4v) is 6.87. The maximum absolute atomic E-state index is 13.5. The topological polar surface area (TPSA) is 84.7 Å². The molecule has 184 valence electrons. The van der Waals surface area contributed by atoms with Gasteiger partial charge >= 0.3 is 0 Å². The maximum atomic E-state index is 13.5. The number of nitrogens with zero attached hydrogens (tertiary/aromatic N) is 2. The quantitative estimate of drug-likeness (QED) is 0.314. The van der Waals surface area contributed by atoms with Crippen LogP contribution >= 0.6 is 27.5 Å². The Labute approximate surface area is 221 Å². The third kappa shape index (κ3) is 3.46. The molecule has 2 saturated heterocycles. The van der Waals surface area contributed by atoms with Crippen molar-refractivity contribution in [1.82, 2.24) is 4.90 Å². The van der Waals surface area contributed by atoms with Crippen LogP contribution in [0.25, 0.3) is 0 Å². The van der Waals surface area contributed by atoms with Crippen LogP contribution in [0.1, 0.15) is 35.4 Å². The number of hydrogen-bond acceptors (Lipinski definition) is 5. The molecule has 0 unspecified atom stereocenters. The minimum Gasteiger partial charge on any atom is -0.487 e. The first-order chi connectivity index (χ1) is 17.4. The fourth-order valence-electron chi connectivity index (χ4n) is 6.36. The molecule has 3 aromatic rings. The fraction of sp³-hybridized carbons (Fsp3) is 0.296. The van der Waals surface area contributed by atoms with Crippen LogP contribution in [0.2, 0.25) is 5.02 Å². The van der Waals surface area contributed by atoms with Crippen molar-refractivity contribution in [1.29, 1.82) is 0 Å². The monoisotopic (exact) mass is 567 g/mol. The first kappa shape index (κ1) is 23.5. The van der Waals surface area contributed by atoms with Crippen molar-refractivity contribution in [3.8, 4) is 5.75 Å². The largest absolute Gasteiger partial charge is 0.487 e. The Kier molecular flexibility index (Phi) is 5.78. The number of para-hydroxylation sites is 1. The number of carbonyl (C=O) groups excluding carboxylic acids is 1. The zero-order valence-electron chi connectivity index (χ0n) is 19.2. The van der Waals surface area contributed by atoms with Gasteiger partial charge < -0.3 is 10.1 Å². The molecule has 1 amide bonds. The molecule has 3 aliphatic heterocycles. The summed E-state index contributed by atoms with van der Waals surface area (Å²) in [5.74, 6) is -0.293. The molecule has 1 N–H and O–H groups in total. The zero-order chi connectivity index (χ0) is 25.0. The van der Waals surface area contributed by atoms with E-state index in [1.807, 2.05) is 54.6 Å². The van der Waals surface area contributed by atoms with Crippen molar-refractivity contribution < 1.29 is 14.5 Å². The Hall–Kier alpha value is -2.94. The Morgan fingerprint density at radius 2 is 1.94 bits per heavy atom. The number of halogens is 2. The number of carbonyl (C=O) groups is 1. The number of nitro groups is 1. The van der Waals surface area contributed by atoms with E-state index >= 15 is 0 Å². The summed E-state index contributed by atoms with van der Waals surface area (Å²) < 4.78 is 6.93. The molecular weight excluding hydrogens is 546 g/mol. The van der Waals surface area contributed by atoms with Gasteiger partial charge in [0.1, 0.15) is 12.4 Å². The van der Waals surface area contributed by atoms with Gasteiger partial charge in [0, 0.05) is 33.2 Å². The summed E-state index contributed by atoms with van der Waals surface area (Å²) in [7, 11) is 0. The minimum absolute atomic E-state index is 0.136.